The zero-order chi connectivity index (χ0) is 9.61. The van der Waals surface area contributed by atoms with E-state index in [4.69, 9.17) is 0 Å². The molecule has 0 heterocycles. The summed E-state index contributed by atoms with van der Waals surface area (Å²) < 4.78 is 0. The van der Waals surface area contributed by atoms with Crippen LogP contribution in [0.2, 0.25) is 44.3 Å². The normalized spacial score (nSPS) is 12.5. The van der Waals surface area contributed by atoms with Crippen molar-refractivity contribution >= 4 is 16.9 Å². The fourth-order valence-electron chi connectivity index (χ4n) is 1.79. The molecule has 0 fully saturated rings. The van der Waals surface area contributed by atoms with Gasteiger partial charge in [-0.3, -0.25) is 0 Å². The summed E-state index contributed by atoms with van der Waals surface area (Å²) in [5.41, 5.74) is 0. The van der Waals surface area contributed by atoms with Crippen LogP contribution >= 0.6 is 0 Å². The smallest absolute Gasteiger partial charge is 0.0473 e. The van der Waals surface area contributed by atoms with Gasteiger partial charge in [0.25, 0.3) is 0 Å². The number of hydrogen-bond donors (Lipinski definition) is 0. The van der Waals surface area contributed by atoms with Gasteiger partial charge in [-0.2, -0.15) is 0 Å². The van der Waals surface area contributed by atoms with Crippen LogP contribution in [-0.4, -0.2) is 16.9 Å². The van der Waals surface area contributed by atoms with Crippen molar-refractivity contribution in [1.82, 2.24) is 0 Å². The van der Waals surface area contributed by atoms with Crippen molar-refractivity contribution in [3.8, 4) is 0 Å². The fraction of sp³-hybridized carbons (Fsp3) is 1.00. The van der Waals surface area contributed by atoms with E-state index in [0.717, 1.165) is 0 Å². The largest absolute Gasteiger partial charge is 0.0722 e. The molecule has 74 valence electrons. The maximum atomic E-state index is 2.55. The van der Waals surface area contributed by atoms with Gasteiger partial charge in [-0.1, -0.05) is 64.1 Å². The summed E-state index contributed by atoms with van der Waals surface area (Å²) in [7, 11) is -1.01. The van der Waals surface area contributed by atoms with Crippen LogP contribution in [0.3, 0.4) is 0 Å². The minimum Gasteiger partial charge on any atom is -0.0722 e. The van der Waals surface area contributed by atoms with Crippen molar-refractivity contribution in [2.75, 3.05) is 0 Å². The van der Waals surface area contributed by atoms with Crippen molar-refractivity contribution < 1.29 is 0 Å². The first-order valence-corrected chi connectivity index (χ1v) is 12.0. The second-order valence-corrected chi connectivity index (χ2v) is 13.9. The van der Waals surface area contributed by atoms with Crippen LogP contribution in [0.25, 0.3) is 0 Å². The lowest BCUT2D eigenvalue weighted by atomic mass is 10.6. The first-order chi connectivity index (χ1) is 5.48. The van der Waals surface area contributed by atoms with Gasteiger partial charge in [0, 0.05) is 16.9 Å². The van der Waals surface area contributed by atoms with Crippen LogP contribution in [0.1, 0.15) is 19.8 Å². The first kappa shape index (κ1) is 12.4. The highest BCUT2D eigenvalue weighted by Gasteiger charge is 2.18. The third kappa shape index (κ3) is 7.10. The zero-order valence-electron chi connectivity index (χ0n) is 9.61. The fourth-order valence-corrected chi connectivity index (χ4v) is 5.98. The Labute approximate surface area is 81.4 Å². The van der Waals surface area contributed by atoms with Crippen LogP contribution in [-0.2, 0) is 0 Å². The van der Waals surface area contributed by atoms with E-state index in [-0.39, 0.29) is 8.80 Å². The predicted octanol–water partition coefficient (Wildman–Crippen LogP) is 3.98. The maximum absolute atomic E-state index is 2.55. The molecule has 0 aromatic carbocycles. The van der Waals surface area contributed by atoms with Gasteiger partial charge >= 0.3 is 0 Å². The highest BCUT2D eigenvalue weighted by Crippen LogP contribution is 2.20. The van der Waals surface area contributed by atoms with E-state index in [1.807, 2.05) is 0 Å². The lowest BCUT2D eigenvalue weighted by Gasteiger charge is -2.21. The van der Waals surface area contributed by atoms with E-state index >= 15 is 0 Å². The van der Waals surface area contributed by atoms with Crippen molar-refractivity contribution in [3.63, 3.8) is 0 Å². The minimum atomic E-state index is -0.748. The molecule has 0 rings (SSSR count). The van der Waals surface area contributed by atoms with Crippen LogP contribution in [0.4, 0.5) is 0 Å². The predicted molar refractivity (Wildman–Crippen MR) is 65.7 cm³/mol. The van der Waals surface area contributed by atoms with Crippen LogP contribution in [0.15, 0.2) is 0 Å². The Bertz CT molecular complexity index is 108. The molecule has 0 aliphatic rings. The van der Waals surface area contributed by atoms with Gasteiger partial charge in [-0.05, 0) is 0 Å². The topological polar surface area (TPSA) is 0 Å². The second kappa shape index (κ2) is 5.97. The molecule has 0 aliphatic carbocycles. The van der Waals surface area contributed by atoms with Gasteiger partial charge in [0.15, 0.2) is 0 Å². The Morgan fingerprint density at radius 2 is 1.67 bits per heavy atom. The molecule has 0 aromatic heterocycles. The molecule has 0 unspecified atom stereocenters. The van der Waals surface area contributed by atoms with Gasteiger partial charge in [0.1, 0.15) is 0 Å². The summed E-state index contributed by atoms with van der Waals surface area (Å²) in [5, 5.41) is 0. The highest BCUT2D eigenvalue weighted by molar-refractivity contribution is 6.77. The number of rotatable bonds is 6. The zero-order valence-corrected chi connectivity index (χ0v) is 11.8. The Balaban J connectivity index is 3.46. The Hall–Kier alpha value is 0.434. The molecular formula is C10H26Si2. The van der Waals surface area contributed by atoms with Gasteiger partial charge in [-0.25, -0.2) is 0 Å². The SMILES string of the molecule is CCC[Si](C)(C)CCC[SiH](C)C. The van der Waals surface area contributed by atoms with E-state index in [9.17, 15) is 0 Å². The van der Waals surface area contributed by atoms with Crippen molar-refractivity contribution in [1.29, 1.82) is 0 Å². The summed E-state index contributed by atoms with van der Waals surface area (Å²) >= 11 is 0. The molecule has 0 N–H and O–H groups in total. The van der Waals surface area contributed by atoms with E-state index in [2.05, 4.69) is 33.1 Å². The van der Waals surface area contributed by atoms with E-state index in [0.29, 0.717) is 0 Å². The average molecular weight is 202 g/mol. The van der Waals surface area contributed by atoms with Crippen molar-refractivity contribution in [3.05, 3.63) is 0 Å². The highest BCUT2D eigenvalue weighted by atomic mass is 28.3. The molecule has 0 spiro atoms. The minimum absolute atomic E-state index is 0.258. The molecule has 0 bridgehead atoms. The molecule has 2 heteroatoms. The maximum Gasteiger partial charge on any atom is 0.0473 e. The standard InChI is InChI=1S/C10H26Si2/c1-6-9-12(4,5)10-7-8-11(2)3/h11H,6-10H2,1-5H3. The molecule has 12 heavy (non-hydrogen) atoms. The van der Waals surface area contributed by atoms with Gasteiger partial charge < -0.3 is 0 Å². The molecule has 0 amide bonds. The van der Waals surface area contributed by atoms with Crippen molar-refractivity contribution in [2.45, 2.75) is 64.1 Å². The van der Waals surface area contributed by atoms with Gasteiger partial charge in [0.05, 0.1) is 0 Å². The quantitative estimate of drug-likeness (QED) is 0.572. The van der Waals surface area contributed by atoms with Gasteiger partial charge in [-0.15, -0.1) is 0 Å². The van der Waals surface area contributed by atoms with Crippen LogP contribution in [0.5, 0.6) is 0 Å². The summed E-state index contributed by atoms with van der Waals surface area (Å²) in [6, 6.07) is 4.68. The molecule has 0 aliphatic heterocycles. The van der Waals surface area contributed by atoms with Crippen molar-refractivity contribution in [2.24, 2.45) is 0 Å². The summed E-state index contributed by atoms with van der Waals surface area (Å²) in [6.45, 7) is 12.4. The third-order valence-electron chi connectivity index (χ3n) is 2.56. The van der Waals surface area contributed by atoms with E-state index in [1.165, 1.54) is 18.9 Å². The van der Waals surface area contributed by atoms with E-state index < -0.39 is 8.07 Å². The van der Waals surface area contributed by atoms with E-state index in [1.54, 1.807) is 12.1 Å². The van der Waals surface area contributed by atoms with Gasteiger partial charge in [0.2, 0.25) is 0 Å². The lowest BCUT2D eigenvalue weighted by molar-refractivity contribution is 0.974. The Morgan fingerprint density at radius 3 is 2.08 bits per heavy atom. The summed E-state index contributed by atoms with van der Waals surface area (Å²) in [6.07, 6.45) is 2.93. The summed E-state index contributed by atoms with van der Waals surface area (Å²) in [5.74, 6) is 0. The third-order valence-corrected chi connectivity index (χ3v) is 7.69. The van der Waals surface area contributed by atoms with Crippen LogP contribution < -0.4 is 0 Å². The Morgan fingerprint density at radius 1 is 1.08 bits per heavy atom. The summed E-state index contributed by atoms with van der Waals surface area (Å²) in [4.78, 5) is 0. The number of hydrogen-bond acceptors (Lipinski definition) is 0. The molecule has 0 saturated carbocycles. The molecule has 0 saturated heterocycles. The first-order valence-electron chi connectivity index (χ1n) is 5.48. The molecule has 0 aromatic rings. The second-order valence-electron chi connectivity index (χ2n) is 5.20. The van der Waals surface area contributed by atoms with Crippen LogP contribution in [0, 0.1) is 0 Å². The lowest BCUT2D eigenvalue weighted by Crippen LogP contribution is -2.24. The average Bonchev–Trinajstić information content (AvgIpc) is 1.85. The molecule has 0 atom stereocenters. The Kier molecular flexibility index (Phi) is 6.19. The monoisotopic (exact) mass is 202 g/mol. The molecule has 0 radical (unpaired) electrons. The molecule has 0 nitrogen and oxygen atoms in total. The molecular weight excluding hydrogens is 176 g/mol.